The summed E-state index contributed by atoms with van der Waals surface area (Å²) in [5, 5.41) is 2.07. The quantitative estimate of drug-likeness (QED) is 0.449. The van der Waals surface area contributed by atoms with E-state index in [1.54, 1.807) is 11.3 Å². The van der Waals surface area contributed by atoms with Crippen molar-refractivity contribution in [1.29, 1.82) is 0 Å². The fourth-order valence-corrected chi connectivity index (χ4v) is 4.53. The minimum absolute atomic E-state index is 0.537. The number of hydrogen-bond acceptors (Lipinski definition) is 5. The van der Waals surface area contributed by atoms with Crippen LogP contribution in [0.25, 0.3) is 22.6 Å². The van der Waals surface area contributed by atoms with E-state index in [2.05, 4.69) is 76.1 Å². The van der Waals surface area contributed by atoms with E-state index >= 15 is 0 Å². The fourth-order valence-electron chi connectivity index (χ4n) is 4.00. The highest BCUT2D eigenvalue weighted by atomic mass is 32.1. The summed E-state index contributed by atoms with van der Waals surface area (Å²) in [4.78, 5) is 11.9. The topological polar surface area (TPSA) is 43.2 Å². The number of nitrogens with zero attached hydrogens (tertiary/aromatic N) is 4. The van der Waals surface area contributed by atoms with E-state index in [9.17, 15) is 0 Å². The molecule has 0 radical (unpaired) electrons. The molecule has 2 aromatic carbocycles. The number of ether oxygens (including phenoxy) is 1. The number of rotatable bonds is 5. The van der Waals surface area contributed by atoms with Crippen LogP contribution in [-0.2, 0) is 11.3 Å². The number of thiazole rings is 1. The Balaban J connectivity index is 1.58. The van der Waals surface area contributed by atoms with E-state index < -0.39 is 0 Å². The zero-order valence-electron chi connectivity index (χ0n) is 17.4. The molecule has 0 unspecified atom stereocenters. The van der Waals surface area contributed by atoms with Crippen LogP contribution in [0.15, 0.2) is 53.4 Å². The summed E-state index contributed by atoms with van der Waals surface area (Å²) < 4.78 is 7.83. The molecular formula is C24H26N4OS. The van der Waals surface area contributed by atoms with Crippen LogP contribution in [-0.4, -0.2) is 40.8 Å². The second-order valence-electron chi connectivity index (χ2n) is 8.06. The molecule has 5 nitrogen and oxygen atoms in total. The van der Waals surface area contributed by atoms with Gasteiger partial charge in [-0.2, -0.15) is 0 Å². The van der Waals surface area contributed by atoms with Crippen molar-refractivity contribution in [1.82, 2.24) is 14.5 Å². The molecule has 4 aromatic rings. The molecule has 1 saturated heterocycles. The highest BCUT2D eigenvalue weighted by molar-refractivity contribution is 7.07. The molecule has 1 aliphatic rings. The Hall–Kier alpha value is -2.70. The zero-order chi connectivity index (χ0) is 20.5. The summed E-state index contributed by atoms with van der Waals surface area (Å²) >= 11 is 1.60. The van der Waals surface area contributed by atoms with E-state index in [4.69, 9.17) is 9.72 Å². The third kappa shape index (κ3) is 3.73. The SMILES string of the molecule is CC(C)c1ccc(Cn2c(-c3cscn3)nc3ccc(N4CCOCC4)cc32)cc1. The largest absolute Gasteiger partial charge is 0.378 e. The normalized spacial score (nSPS) is 14.7. The Kier molecular flexibility index (Phi) is 5.27. The van der Waals surface area contributed by atoms with E-state index in [0.29, 0.717) is 5.92 Å². The molecule has 0 amide bonds. The average Bonchev–Trinajstić information content (AvgIpc) is 3.43. The van der Waals surface area contributed by atoms with Gasteiger partial charge in [0.15, 0.2) is 5.82 Å². The molecule has 6 heteroatoms. The lowest BCUT2D eigenvalue weighted by Crippen LogP contribution is -2.36. The van der Waals surface area contributed by atoms with Gasteiger partial charge < -0.3 is 14.2 Å². The Labute approximate surface area is 181 Å². The van der Waals surface area contributed by atoms with Gasteiger partial charge in [0.25, 0.3) is 0 Å². The highest BCUT2D eigenvalue weighted by Gasteiger charge is 2.18. The van der Waals surface area contributed by atoms with Gasteiger partial charge in [0.2, 0.25) is 0 Å². The van der Waals surface area contributed by atoms with Gasteiger partial charge in [0, 0.05) is 30.7 Å². The van der Waals surface area contributed by atoms with Crippen molar-refractivity contribution in [2.75, 3.05) is 31.2 Å². The van der Waals surface area contributed by atoms with E-state index in [1.165, 1.54) is 16.8 Å². The standard InChI is InChI=1S/C24H26N4OS/c1-17(2)19-5-3-18(4-6-19)14-28-23-13-20(27-9-11-29-12-10-27)7-8-21(23)26-24(28)22-15-30-16-25-22/h3-8,13,15-17H,9-12,14H2,1-2H3. The van der Waals surface area contributed by atoms with Crippen LogP contribution in [0.4, 0.5) is 5.69 Å². The summed E-state index contributed by atoms with van der Waals surface area (Å²) in [7, 11) is 0. The second kappa shape index (κ2) is 8.20. The molecule has 30 heavy (non-hydrogen) atoms. The first-order chi connectivity index (χ1) is 14.7. The molecule has 0 atom stereocenters. The van der Waals surface area contributed by atoms with Crippen LogP contribution in [0.5, 0.6) is 0 Å². The fraction of sp³-hybridized carbons (Fsp3) is 0.333. The molecule has 0 N–H and O–H groups in total. The van der Waals surface area contributed by atoms with Gasteiger partial charge in [-0.25, -0.2) is 9.97 Å². The molecule has 0 bridgehead atoms. The number of anilines is 1. The maximum absolute atomic E-state index is 5.52. The Morgan fingerprint density at radius 3 is 2.57 bits per heavy atom. The maximum Gasteiger partial charge on any atom is 0.160 e. The molecule has 5 rings (SSSR count). The Morgan fingerprint density at radius 2 is 1.87 bits per heavy atom. The van der Waals surface area contributed by atoms with Crippen LogP contribution in [0.3, 0.4) is 0 Å². The van der Waals surface area contributed by atoms with Crippen LogP contribution < -0.4 is 4.90 Å². The van der Waals surface area contributed by atoms with E-state index in [1.807, 2.05) is 5.51 Å². The Bertz CT molecular complexity index is 1130. The van der Waals surface area contributed by atoms with Crippen LogP contribution in [0, 0.1) is 0 Å². The molecule has 2 aromatic heterocycles. The van der Waals surface area contributed by atoms with Crippen molar-refractivity contribution in [2.45, 2.75) is 26.3 Å². The molecular weight excluding hydrogens is 392 g/mol. The van der Waals surface area contributed by atoms with Crippen molar-refractivity contribution in [2.24, 2.45) is 0 Å². The first-order valence-corrected chi connectivity index (χ1v) is 11.4. The number of morpholine rings is 1. The lowest BCUT2D eigenvalue weighted by Gasteiger charge is -2.28. The van der Waals surface area contributed by atoms with Crippen molar-refractivity contribution in [3.63, 3.8) is 0 Å². The van der Waals surface area contributed by atoms with Gasteiger partial charge in [-0.1, -0.05) is 38.1 Å². The number of hydrogen-bond donors (Lipinski definition) is 0. The molecule has 1 aliphatic heterocycles. The predicted molar refractivity (Wildman–Crippen MR) is 124 cm³/mol. The average molecular weight is 419 g/mol. The molecule has 0 spiro atoms. The lowest BCUT2D eigenvalue weighted by atomic mass is 10.0. The van der Waals surface area contributed by atoms with Gasteiger partial charge in [-0.15, -0.1) is 11.3 Å². The van der Waals surface area contributed by atoms with Gasteiger partial charge in [-0.3, -0.25) is 0 Å². The molecule has 3 heterocycles. The Morgan fingerprint density at radius 1 is 1.07 bits per heavy atom. The van der Waals surface area contributed by atoms with Gasteiger partial charge in [0.05, 0.1) is 29.8 Å². The summed E-state index contributed by atoms with van der Waals surface area (Å²) in [6, 6.07) is 15.5. The second-order valence-corrected chi connectivity index (χ2v) is 8.78. The van der Waals surface area contributed by atoms with Crippen molar-refractivity contribution in [3.05, 3.63) is 64.5 Å². The van der Waals surface area contributed by atoms with Crippen molar-refractivity contribution < 1.29 is 4.74 Å². The third-order valence-electron chi connectivity index (χ3n) is 5.76. The van der Waals surface area contributed by atoms with Gasteiger partial charge in [-0.05, 0) is 35.2 Å². The number of aromatic nitrogens is 3. The van der Waals surface area contributed by atoms with Crippen molar-refractivity contribution in [3.8, 4) is 11.5 Å². The summed E-state index contributed by atoms with van der Waals surface area (Å²) in [6.07, 6.45) is 0. The zero-order valence-corrected chi connectivity index (χ0v) is 18.2. The van der Waals surface area contributed by atoms with Crippen molar-refractivity contribution >= 4 is 28.1 Å². The van der Waals surface area contributed by atoms with Crippen LogP contribution in [0.1, 0.15) is 30.9 Å². The number of benzene rings is 2. The van der Waals surface area contributed by atoms with Crippen LogP contribution >= 0.6 is 11.3 Å². The van der Waals surface area contributed by atoms with Gasteiger partial charge in [0.1, 0.15) is 5.69 Å². The van der Waals surface area contributed by atoms with Crippen LogP contribution in [0.2, 0.25) is 0 Å². The number of fused-ring (bicyclic) bond motifs is 1. The van der Waals surface area contributed by atoms with E-state index in [-0.39, 0.29) is 0 Å². The first kappa shape index (κ1) is 19.3. The third-order valence-corrected chi connectivity index (χ3v) is 6.34. The summed E-state index contributed by atoms with van der Waals surface area (Å²) in [6.45, 7) is 8.64. The first-order valence-electron chi connectivity index (χ1n) is 10.5. The van der Waals surface area contributed by atoms with E-state index in [0.717, 1.165) is 55.4 Å². The molecule has 0 aliphatic carbocycles. The maximum atomic E-state index is 5.52. The van der Waals surface area contributed by atoms with Gasteiger partial charge >= 0.3 is 0 Å². The summed E-state index contributed by atoms with van der Waals surface area (Å²) in [5.74, 6) is 1.47. The molecule has 1 fully saturated rings. The minimum atomic E-state index is 0.537. The summed E-state index contributed by atoms with van der Waals surface area (Å²) in [5.41, 5.74) is 8.82. The molecule has 0 saturated carbocycles. The lowest BCUT2D eigenvalue weighted by molar-refractivity contribution is 0.122. The molecule has 154 valence electrons. The number of imidazole rings is 1. The predicted octanol–water partition coefficient (Wildman–Crippen LogP) is 5.17. The monoisotopic (exact) mass is 418 g/mol. The smallest absolute Gasteiger partial charge is 0.160 e. The highest BCUT2D eigenvalue weighted by Crippen LogP contribution is 2.29. The minimum Gasteiger partial charge on any atom is -0.378 e.